The molecule has 5 heteroatoms. The molecule has 14 heavy (non-hydrogen) atoms. The Morgan fingerprint density at radius 1 is 1.57 bits per heavy atom. The highest BCUT2D eigenvalue weighted by atomic mass is 16.2. The molecule has 0 aromatic carbocycles. The summed E-state index contributed by atoms with van der Waals surface area (Å²) in [4.78, 5) is 22.5. The number of hydrogen-bond acceptors (Lipinski definition) is 3. The van der Waals surface area contributed by atoms with E-state index in [-0.39, 0.29) is 0 Å². The first-order valence-corrected chi connectivity index (χ1v) is 4.29. The van der Waals surface area contributed by atoms with E-state index in [1.165, 1.54) is 0 Å². The minimum Gasteiger partial charge on any atom is -0.369 e. The minimum atomic E-state index is -1.04. The van der Waals surface area contributed by atoms with E-state index < -0.39 is 28.7 Å². The standard InChI is InChI=1S/C9H13N3O2/c1-8(2)5(6(11)13)7(14)12-9(8,3)4-10/h5H,1-3H3,(H2,11,13)(H,12,14). The van der Waals surface area contributed by atoms with E-state index in [1.807, 2.05) is 6.07 Å². The third-order valence-corrected chi connectivity index (χ3v) is 3.15. The lowest BCUT2D eigenvalue weighted by Crippen LogP contribution is -2.47. The fourth-order valence-electron chi connectivity index (χ4n) is 1.75. The second-order valence-corrected chi connectivity index (χ2v) is 4.28. The van der Waals surface area contributed by atoms with Crippen molar-refractivity contribution in [3.8, 4) is 6.07 Å². The van der Waals surface area contributed by atoms with E-state index in [0.29, 0.717) is 0 Å². The third kappa shape index (κ3) is 1.07. The summed E-state index contributed by atoms with van der Waals surface area (Å²) < 4.78 is 0. The molecule has 0 radical (unpaired) electrons. The average molecular weight is 195 g/mol. The van der Waals surface area contributed by atoms with Gasteiger partial charge in [0.1, 0.15) is 11.5 Å². The molecular weight excluding hydrogens is 182 g/mol. The van der Waals surface area contributed by atoms with Gasteiger partial charge in [-0.2, -0.15) is 5.26 Å². The van der Waals surface area contributed by atoms with Gasteiger partial charge >= 0.3 is 0 Å². The largest absolute Gasteiger partial charge is 0.369 e. The Kier molecular flexibility index (Phi) is 2.03. The van der Waals surface area contributed by atoms with Crippen LogP contribution in [-0.2, 0) is 9.59 Å². The zero-order valence-corrected chi connectivity index (χ0v) is 8.42. The lowest BCUT2D eigenvalue weighted by molar-refractivity contribution is -0.133. The number of carbonyl (C=O) groups is 2. The summed E-state index contributed by atoms with van der Waals surface area (Å²) >= 11 is 0. The van der Waals surface area contributed by atoms with E-state index in [1.54, 1.807) is 20.8 Å². The maximum Gasteiger partial charge on any atom is 0.234 e. The van der Waals surface area contributed by atoms with Crippen LogP contribution in [0.1, 0.15) is 20.8 Å². The van der Waals surface area contributed by atoms with Crippen LogP contribution in [0.25, 0.3) is 0 Å². The van der Waals surface area contributed by atoms with Gasteiger partial charge in [-0.05, 0) is 6.92 Å². The lowest BCUT2D eigenvalue weighted by Gasteiger charge is -2.32. The number of nitrogens with one attached hydrogen (secondary N) is 1. The van der Waals surface area contributed by atoms with Crippen LogP contribution in [0.15, 0.2) is 0 Å². The minimum absolute atomic E-state index is 0.466. The Morgan fingerprint density at radius 3 is 2.29 bits per heavy atom. The zero-order valence-electron chi connectivity index (χ0n) is 8.42. The summed E-state index contributed by atoms with van der Waals surface area (Å²) in [5.74, 6) is -2.09. The highest BCUT2D eigenvalue weighted by Gasteiger charge is 2.59. The number of nitrogens with two attached hydrogens (primary N) is 1. The number of primary amides is 1. The van der Waals surface area contributed by atoms with Crippen LogP contribution < -0.4 is 11.1 Å². The van der Waals surface area contributed by atoms with E-state index in [9.17, 15) is 9.59 Å². The Bertz CT molecular complexity index is 342. The predicted molar refractivity (Wildman–Crippen MR) is 48.6 cm³/mol. The van der Waals surface area contributed by atoms with Gasteiger partial charge in [-0.1, -0.05) is 13.8 Å². The predicted octanol–water partition coefficient (Wildman–Crippen LogP) is -0.474. The smallest absolute Gasteiger partial charge is 0.234 e. The van der Waals surface area contributed by atoms with Crippen molar-refractivity contribution in [3.05, 3.63) is 0 Å². The highest BCUT2D eigenvalue weighted by molar-refractivity contribution is 6.03. The van der Waals surface area contributed by atoms with Gasteiger partial charge in [-0.15, -0.1) is 0 Å². The van der Waals surface area contributed by atoms with Crippen LogP contribution >= 0.6 is 0 Å². The fourth-order valence-corrected chi connectivity index (χ4v) is 1.75. The maximum absolute atomic E-state index is 11.4. The molecule has 76 valence electrons. The van der Waals surface area contributed by atoms with Crippen LogP contribution in [0.2, 0.25) is 0 Å². The Labute approximate surface area is 82.3 Å². The molecule has 0 spiro atoms. The molecule has 5 nitrogen and oxygen atoms in total. The van der Waals surface area contributed by atoms with E-state index in [2.05, 4.69) is 5.32 Å². The quantitative estimate of drug-likeness (QED) is 0.553. The van der Waals surface area contributed by atoms with Gasteiger partial charge in [0.05, 0.1) is 6.07 Å². The lowest BCUT2D eigenvalue weighted by atomic mass is 9.69. The van der Waals surface area contributed by atoms with Gasteiger partial charge in [-0.25, -0.2) is 0 Å². The summed E-state index contributed by atoms with van der Waals surface area (Å²) in [6.07, 6.45) is 0. The van der Waals surface area contributed by atoms with Crippen LogP contribution in [0.3, 0.4) is 0 Å². The molecule has 3 N–H and O–H groups in total. The first-order valence-electron chi connectivity index (χ1n) is 4.29. The summed E-state index contributed by atoms with van der Waals surface area (Å²) in [5.41, 5.74) is 3.31. The molecule has 2 amide bonds. The molecule has 0 bridgehead atoms. The first-order chi connectivity index (χ1) is 6.26. The molecule has 2 unspecified atom stereocenters. The van der Waals surface area contributed by atoms with Gasteiger partial charge in [-0.3, -0.25) is 9.59 Å². The molecule has 1 aliphatic rings. The molecule has 1 rings (SSSR count). The van der Waals surface area contributed by atoms with Crippen LogP contribution in [0, 0.1) is 22.7 Å². The fraction of sp³-hybridized carbons (Fsp3) is 0.667. The van der Waals surface area contributed by atoms with E-state index in [0.717, 1.165) is 0 Å². The Morgan fingerprint density at radius 2 is 2.07 bits per heavy atom. The van der Waals surface area contributed by atoms with Crippen molar-refractivity contribution in [3.63, 3.8) is 0 Å². The second-order valence-electron chi connectivity index (χ2n) is 4.28. The molecule has 0 aromatic rings. The van der Waals surface area contributed by atoms with E-state index in [4.69, 9.17) is 11.0 Å². The molecular formula is C9H13N3O2. The molecule has 1 heterocycles. The maximum atomic E-state index is 11.4. The molecule has 0 aliphatic carbocycles. The summed E-state index contributed by atoms with van der Waals surface area (Å²) in [5, 5.41) is 11.5. The molecule has 1 aliphatic heterocycles. The van der Waals surface area contributed by atoms with Crippen molar-refractivity contribution in [2.75, 3.05) is 0 Å². The first kappa shape index (κ1) is 10.5. The van der Waals surface area contributed by atoms with Crippen LogP contribution in [0.4, 0.5) is 0 Å². The van der Waals surface area contributed by atoms with Crippen LogP contribution in [0.5, 0.6) is 0 Å². The number of nitriles is 1. The van der Waals surface area contributed by atoms with Crippen molar-refractivity contribution < 1.29 is 9.59 Å². The summed E-state index contributed by atoms with van der Waals surface area (Å²) in [7, 11) is 0. The Hall–Kier alpha value is -1.57. The highest BCUT2D eigenvalue weighted by Crippen LogP contribution is 2.43. The molecule has 2 atom stereocenters. The Balaban J connectivity index is 3.23. The van der Waals surface area contributed by atoms with E-state index >= 15 is 0 Å². The average Bonchev–Trinajstić information content (AvgIpc) is 2.18. The zero-order chi connectivity index (χ0) is 11.1. The van der Waals surface area contributed by atoms with Gasteiger partial charge in [0.15, 0.2) is 0 Å². The number of amides is 2. The number of carbonyl (C=O) groups excluding carboxylic acids is 2. The van der Waals surface area contributed by atoms with Crippen LogP contribution in [-0.4, -0.2) is 17.4 Å². The monoisotopic (exact) mass is 195 g/mol. The van der Waals surface area contributed by atoms with Gasteiger partial charge in [0, 0.05) is 5.41 Å². The second kappa shape index (κ2) is 2.71. The topological polar surface area (TPSA) is 96.0 Å². The van der Waals surface area contributed by atoms with Crippen molar-refractivity contribution in [2.45, 2.75) is 26.3 Å². The van der Waals surface area contributed by atoms with Gasteiger partial charge < -0.3 is 11.1 Å². The summed E-state index contributed by atoms with van der Waals surface area (Å²) in [6, 6.07) is 2.01. The van der Waals surface area contributed by atoms with Crippen molar-refractivity contribution in [1.82, 2.24) is 5.32 Å². The number of nitrogens with zero attached hydrogens (tertiary/aromatic N) is 1. The number of hydrogen-bond donors (Lipinski definition) is 2. The SMILES string of the molecule is CC1(C#N)NC(=O)C(C(N)=O)C1(C)C. The molecule has 0 saturated carbocycles. The van der Waals surface area contributed by atoms with Gasteiger partial charge in [0.2, 0.25) is 11.8 Å². The number of rotatable bonds is 1. The molecule has 1 fully saturated rings. The van der Waals surface area contributed by atoms with Crippen molar-refractivity contribution in [2.24, 2.45) is 17.1 Å². The van der Waals surface area contributed by atoms with Crippen molar-refractivity contribution in [1.29, 1.82) is 5.26 Å². The molecule has 0 aromatic heterocycles. The molecule has 1 saturated heterocycles. The van der Waals surface area contributed by atoms with Crippen molar-refractivity contribution >= 4 is 11.8 Å². The third-order valence-electron chi connectivity index (χ3n) is 3.15. The summed E-state index contributed by atoms with van der Waals surface area (Å²) in [6.45, 7) is 4.96. The van der Waals surface area contributed by atoms with Gasteiger partial charge in [0.25, 0.3) is 0 Å². The normalized spacial score (nSPS) is 34.7.